The first-order chi connectivity index (χ1) is 13.2. The molecule has 28 heavy (non-hydrogen) atoms. The minimum Gasteiger partial charge on any atom is -0.468 e. The number of rotatable bonds is 13. The van der Waals surface area contributed by atoms with Crippen LogP contribution in [0.25, 0.3) is 0 Å². The van der Waals surface area contributed by atoms with Gasteiger partial charge < -0.3 is 19.9 Å². The summed E-state index contributed by atoms with van der Waals surface area (Å²) in [7, 11) is 1.25. The second-order valence-electron chi connectivity index (χ2n) is 6.72. The number of carbonyl (C=O) groups is 4. The number of carbonyl (C=O) groups excluding carboxylic acids is 4. The van der Waals surface area contributed by atoms with Crippen LogP contribution in [0.5, 0.6) is 0 Å². The van der Waals surface area contributed by atoms with Crippen LogP contribution in [0.3, 0.4) is 0 Å². The molecule has 0 aliphatic rings. The van der Waals surface area contributed by atoms with E-state index in [0.29, 0.717) is 19.4 Å². The van der Waals surface area contributed by atoms with Crippen LogP contribution in [0.2, 0.25) is 0 Å². The van der Waals surface area contributed by atoms with Crippen LogP contribution in [0.1, 0.15) is 33.6 Å². The smallest absolute Gasteiger partial charge is 0.325 e. The molecule has 0 fully saturated rings. The molecule has 0 aromatic rings. The van der Waals surface area contributed by atoms with Gasteiger partial charge in [0.15, 0.2) is 0 Å². The van der Waals surface area contributed by atoms with E-state index in [9.17, 15) is 19.2 Å². The topological polar surface area (TPSA) is 96.0 Å². The molecule has 8 nitrogen and oxygen atoms in total. The molecule has 0 aliphatic heterocycles. The van der Waals surface area contributed by atoms with Crippen molar-refractivity contribution >= 4 is 23.7 Å². The van der Waals surface area contributed by atoms with E-state index < -0.39 is 17.9 Å². The first kappa shape index (κ1) is 25.4. The van der Waals surface area contributed by atoms with Crippen LogP contribution in [-0.4, -0.2) is 72.8 Å². The van der Waals surface area contributed by atoms with Crippen LogP contribution in [0, 0.1) is 5.92 Å². The molecule has 3 amide bonds. The van der Waals surface area contributed by atoms with Crippen LogP contribution < -0.4 is 5.32 Å². The molecule has 0 saturated carbocycles. The molecule has 158 valence electrons. The molecule has 1 atom stereocenters. The van der Waals surface area contributed by atoms with Gasteiger partial charge in [-0.2, -0.15) is 0 Å². The minimum absolute atomic E-state index is 0.149. The Morgan fingerprint density at radius 1 is 1.00 bits per heavy atom. The van der Waals surface area contributed by atoms with E-state index in [4.69, 9.17) is 0 Å². The molecule has 0 rings (SSSR count). The van der Waals surface area contributed by atoms with Gasteiger partial charge in [-0.15, -0.1) is 13.2 Å². The standard InChI is InChI=1S/C20H33N3O5/c1-7-9-11-22(16(5)24)13-17(25)21-19(15(3)4)20(27)23(12-10-8-2)14-18(26)28-6/h7-8,15,19H,1-2,9-14H2,3-6H3,(H,21,25)/t19-/m0/s1. The Balaban J connectivity index is 5.22. The van der Waals surface area contributed by atoms with Crippen molar-refractivity contribution in [3.63, 3.8) is 0 Å². The van der Waals surface area contributed by atoms with E-state index in [1.54, 1.807) is 26.0 Å². The summed E-state index contributed by atoms with van der Waals surface area (Å²) in [5, 5.41) is 2.70. The highest BCUT2D eigenvalue weighted by molar-refractivity contribution is 5.91. The molecule has 8 heteroatoms. The van der Waals surface area contributed by atoms with Gasteiger partial charge in [0.25, 0.3) is 0 Å². The molecule has 0 aliphatic carbocycles. The summed E-state index contributed by atoms with van der Waals surface area (Å²) in [4.78, 5) is 51.5. The lowest BCUT2D eigenvalue weighted by Crippen LogP contribution is -2.54. The Morgan fingerprint density at radius 2 is 1.54 bits per heavy atom. The van der Waals surface area contributed by atoms with E-state index in [-0.39, 0.29) is 37.4 Å². The van der Waals surface area contributed by atoms with Crippen LogP contribution in [0.4, 0.5) is 0 Å². The average Bonchev–Trinajstić information content (AvgIpc) is 2.65. The Bertz CT molecular complexity index is 574. The van der Waals surface area contributed by atoms with Crippen molar-refractivity contribution in [2.24, 2.45) is 5.92 Å². The zero-order chi connectivity index (χ0) is 21.7. The minimum atomic E-state index is -0.824. The van der Waals surface area contributed by atoms with E-state index in [0.717, 1.165) is 0 Å². The van der Waals surface area contributed by atoms with Crippen LogP contribution >= 0.6 is 0 Å². The third kappa shape index (κ3) is 9.34. The number of nitrogens with zero attached hydrogens (tertiary/aromatic N) is 2. The summed E-state index contributed by atoms with van der Waals surface area (Å²) in [5.41, 5.74) is 0. The van der Waals surface area contributed by atoms with Gasteiger partial charge in [-0.25, -0.2) is 0 Å². The van der Waals surface area contributed by atoms with E-state index in [1.807, 2.05) is 0 Å². The summed E-state index contributed by atoms with van der Waals surface area (Å²) in [5.74, 6) is -1.80. The molecule has 0 aromatic heterocycles. The fourth-order valence-corrected chi connectivity index (χ4v) is 2.43. The summed E-state index contributed by atoms with van der Waals surface area (Å²) >= 11 is 0. The zero-order valence-electron chi connectivity index (χ0n) is 17.4. The normalized spacial score (nSPS) is 11.3. The number of nitrogens with one attached hydrogen (secondary N) is 1. The highest BCUT2D eigenvalue weighted by atomic mass is 16.5. The summed E-state index contributed by atoms with van der Waals surface area (Å²) in [6.45, 7) is 12.5. The van der Waals surface area contributed by atoms with Crippen molar-refractivity contribution in [2.45, 2.75) is 39.7 Å². The Labute approximate surface area is 167 Å². The van der Waals surface area contributed by atoms with Gasteiger partial charge in [0.05, 0.1) is 13.7 Å². The Kier molecular flexibility index (Phi) is 12.2. The van der Waals surface area contributed by atoms with Gasteiger partial charge >= 0.3 is 5.97 Å². The van der Waals surface area contributed by atoms with Crippen molar-refractivity contribution in [2.75, 3.05) is 33.3 Å². The second kappa shape index (κ2) is 13.5. The Hall–Kier alpha value is -2.64. The third-order valence-corrected chi connectivity index (χ3v) is 4.09. The van der Waals surface area contributed by atoms with Gasteiger partial charge in [0.1, 0.15) is 12.6 Å². The average molecular weight is 396 g/mol. The van der Waals surface area contributed by atoms with E-state index in [1.165, 1.54) is 23.8 Å². The monoisotopic (exact) mass is 395 g/mol. The first-order valence-corrected chi connectivity index (χ1v) is 9.30. The lowest BCUT2D eigenvalue weighted by molar-refractivity contribution is -0.148. The number of hydrogen-bond donors (Lipinski definition) is 1. The summed E-state index contributed by atoms with van der Waals surface area (Å²) < 4.78 is 4.65. The maximum absolute atomic E-state index is 12.9. The second-order valence-corrected chi connectivity index (χ2v) is 6.72. The number of hydrogen-bond acceptors (Lipinski definition) is 5. The van der Waals surface area contributed by atoms with Gasteiger partial charge in [0, 0.05) is 20.0 Å². The molecular formula is C20H33N3O5. The molecule has 0 saturated heterocycles. The number of amides is 3. The fourth-order valence-electron chi connectivity index (χ4n) is 2.43. The van der Waals surface area contributed by atoms with E-state index in [2.05, 4.69) is 23.2 Å². The Morgan fingerprint density at radius 3 is 1.96 bits per heavy atom. The molecule has 0 unspecified atom stereocenters. The maximum Gasteiger partial charge on any atom is 0.325 e. The van der Waals surface area contributed by atoms with Crippen molar-refractivity contribution in [1.29, 1.82) is 0 Å². The number of esters is 1. The molecule has 0 spiro atoms. The fraction of sp³-hybridized carbons (Fsp3) is 0.600. The third-order valence-electron chi connectivity index (χ3n) is 4.09. The largest absolute Gasteiger partial charge is 0.468 e. The van der Waals surface area contributed by atoms with Gasteiger partial charge in [-0.3, -0.25) is 19.2 Å². The SMILES string of the molecule is C=CCCN(CC(=O)N[C@H](C(=O)N(CCC=C)CC(=O)OC)C(C)C)C(C)=O. The molecule has 0 radical (unpaired) electrons. The highest BCUT2D eigenvalue weighted by Gasteiger charge is 2.30. The molecule has 0 aromatic carbocycles. The van der Waals surface area contributed by atoms with Crippen molar-refractivity contribution in [3.05, 3.63) is 25.3 Å². The van der Waals surface area contributed by atoms with Crippen molar-refractivity contribution in [1.82, 2.24) is 15.1 Å². The molecular weight excluding hydrogens is 362 g/mol. The predicted molar refractivity (Wildman–Crippen MR) is 107 cm³/mol. The molecule has 0 bridgehead atoms. The number of ether oxygens (including phenoxy) is 1. The van der Waals surface area contributed by atoms with Crippen LogP contribution in [-0.2, 0) is 23.9 Å². The maximum atomic E-state index is 12.9. The van der Waals surface area contributed by atoms with Crippen LogP contribution in [0.15, 0.2) is 25.3 Å². The molecule has 0 heterocycles. The first-order valence-electron chi connectivity index (χ1n) is 9.30. The van der Waals surface area contributed by atoms with Gasteiger partial charge in [-0.05, 0) is 18.8 Å². The zero-order valence-corrected chi connectivity index (χ0v) is 17.4. The summed E-state index contributed by atoms with van der Waals surface area (Å²) in [6, 6.07) is -0.824. The summed E-state index contributed by atoms with van der Waals surface area (Å²) in [6.07, 6.45) is 4.37. The highest BCUT2D eigenvalue weighted by Crippen LogP contribution is 2.08. The lowest BCUT2D eigenvalue weighted by atomic mass is 10.0. The predicted octanol–water partition coefficient (Wildman–Crippen LogP) is 1.13. The van der Waals surface area contributed by atoms with E-state index >= 15 is 0 Å². The van der Waals surface area contributed by atoms with Gasteiger partial charge in [-0.1, -0.05) is 26.0 Å². The van der Waals surface area contributed by atoms with Gasteiger partial charge in [0.2, 0.25) is 17.7 Å². The quantitative estimate of drug-likeness (QED) is 0.373. The molecule has 1 N–H and O–H groups in total. The van der Waals surface area contributed by atoms with Crippen molar-refractivity contribution in [3.8, 4) is 0 Å². The lowest BCUT2D eigenvalue weighted by Gasteiger charge is -2.29. The van der Waals surface area contributed by atoms with Crippen molar-refractivity contribution < 1.29 is 23.9 Å². The number of methoxy groups -OCH3 is 1.